The monoisotopic (exact) mass is 303 g/mol. The van der Waals surface area contributed by atoms with Crippen molar-refractivity contribution in [3.63, 3.8) is 0 Å². The molecule has 1 saturated heterocycles. The Kier molecular flexibility index (Phi) is 3.98. The number of aliphatic carboxylic acids is 1. The van der Waals surface area contributed by atoms with Gasteiger partial charge in [-0.25, -0.2) is 8.42 Å². The highest BCUT2D eigenvalue weighted by atomic mass is 32.2. The quantitative estimate of drug-likeness (QED) is 0.920. The van der Waals surface area contributed by atoms with Gasteiger partial charge in [-0.3, -0.25) is 4.79 Å². The molecular formula is C12H17NO4S2. The highest BCUT2D eigenvalue weighted by molar-refractivity contribution is 7.91. The second-order valence-electron chi connectivity index (χ2n) is 4.74. The molecular weight excluding hydrogens is 286 g/mol. The molecule has 1 aromatic rings. The number of carbonyl (C=O) groups is 1. The van der Waals surface area contributed by atoms with Gasteiger partial charge in [0.05, 0.1) is 0 Å². The Morgan fingerprint density at radius 3 is 2.74 bits per heavy atom. The van der Waals surface area contributed by atoms with E-state index in [4.69, 9.17) is 0 Å². The van der Waals surface area contributed by atoms with Crippen LogP contribution in [0.4, 0.5) is 0 Å². The molecule has 0 aromatic carbocycles. The van der Waals surface area contributed by atoms with Gasteiger partial charge >= 0.3 is 5.97 Å². The van der Waals surface area contributed by atoms with Crippen LogP contribution >= 0.6 is 11.3 Å². The molecule has 0 radical (unpaired) electrons. The molecule has 1 fully saturated rings. The van der Waals surface area contributed by atoms with Crippen LogP contribution in [0.1, 0.15) is 25.1 Å². The first-order valence-electron chi connectivity index (χ1n) is 6.21. The summed E-state index contributed by atoms with van der Waals surface area (Å²) < 4.78 is 26.4. The van der Waals surface area contributed by atoms with E-state index < -0.39 is 22.0 Å². The summed E-state index contributed by atoms with van der Waals surface area (Å²) in [6, 6.07) is 2.41. The second-order valence-corrected chi connectivity index (χ2v) is 8.02. The van der Waals surface area contributed by atoms with Crippen molar-refractivity contribution >= 4 is 27.3 Å². The number of sulfonamides is 1. The lowest BCUT2D eigenvalue weighted by molar-refractivity contribution is -0.141. The number of rotatable bonds is 4. The van der Waals surface area contributed by atoms with Gasteiger partial charge < -0.3 is 5.11 Å². The maximum absolute atomic E-state index is 12.5. The summed E-state index contributed by atoms with van der Waals surface area (Å²) in [5, 5.41) is 9.21. The summed E-state index contributed by atoms with van der Waals surface area (Å²) in [5.74, 6) is -1.22. The van der Waals surface area contributed by atoms with Gasteiger partial charge in [0, 0.05) is 11.4 Å². The Labute approximate surface area is 116 Å². The van der Waals surface area contributed by atoms with E-state index in [0.717, 1.165) is 15.6 Å². The van der Waals surface area contributed by atoms with E-state index in [1.807, 2.05) is 6.92 Å². The van der Waals surface area contributed by atoms with Crippen molar-refractivity contribution in [3.05, 3.63) is 17.0 Å². The third-order valence-electron chi connectivity index (χ3n) is 3.46. The number of hydrogen-bond acceptors (Lipinski definition) is 4. The zero-order valence-electron chi connectivity index (χ0n) is 10.9. The van der Waals surface area contributed by atoms with Gasteiger partial charge in [0.15, 0.2) is 0 Å². The molecule has 1 aromatic heterocycles. The van der Waals surface area contributed by atoms with Crippen molar-refractivity contribution in [2.75, 3.05) is 6.54 Å². The van der Waals surface area contributed by atoms with Gasteiger partial charge in [0.25, 0.3) is 10.0 Å². The van der Waals surface area contributed by atoms with Crippen LogP contribution in [0.25, 0.3) is 0 Å². The number of carboxylic acid groups (broad SMARTS) is 1. The van der Waals surface area contributed by atoms with Gasteiger partial charge in [-0.15, -0.1) is 11.3 Å². The van der Waals surface area contributed by atoms with Crippen LogP contribution in [0.3, 0.4) is 0 Å². The van der Waals surface area contributed by atoms with Crippen molar-refractivity contribution in [1.29, 1.82) is 0 Å². The van der Waals surface area contributed by atoms with Crippen LogP contribution in [0, 0.1) is 5.92 Å². The molecule has 1 aliphatic heterocycles. The molecule has 1 aliphatic rings. The fourth-order valence-corrected chi connectivity index (χ4v) is 5.47. The van der Waals surface area contributed by atoms with Crippen LogP contribution in [-0.2, 0) is 21.2 Å². The molecule has 0 bridgehead atoms. The Morgan fingerprint density at radius 1 is 1.53 bits per heavy atom. The Hall–Kier alpha value is -0.920. The lowest BCUT2D eigenvalue weighted by Gasteiger charge is -2.21. The molecule has 0 aliphatic carbocycles. The second kappa shape index (κ2) is 5.22. The molecule has 1 N–H and O–H groups in total. The molecule has 2 heterocycles. The van der Waals surface area contributed by atoms with E-state index in [0.29, 0.717) is 6.42 Å². The topological polar surface area (TPSA) is 74.7 Å². The lowest BCUT2D eigenvalue weighted by Crippen LogP contribution is -2.42. The molecule has 0 saturated carbocycles. The van der Waals surface area contributed by atoms with Crippen LogP contribution in [0.5, 0.6) is 0 Å². The van der Waals surface area contributed by atoms with E-state index in [9.17, 15) is 18.3 Å². The molecule has 0 amide bonds. The number of hydrogen-bond donors (Lipinski definition) is 1. The van der Waals surface area contributed by atoms with Gasteiger partial charge in [0.2, 0.25) is 0 Å². The van der Waals surface area contributed by atoms with Gasteiger partial charge in [-0.2, -0.15) is 4.31 Å². The molecule has 106 valence electrons. The van der Waals surface area contributed by atoms with Crippen LogP contribution in [-0.4, -0.2) is 36.4 Å². The summed E-state index contributed by atoms with van der Waals surface area (Å²) in [7, 11) is -3.68. The fraction of sp³-hybridized carbons (Fsp3) is 0.583. The van der Waals surface area contributed by atoms with E-state index in [-0.39, 0.29) is 16.7 Å². The number of thiophene rings is 1. The minimum atomic E-state index is -3.68. The molecule has 2 unspecified atom stereocenters. The summed E-state index contributed by atoms with van der Waals surface area (Å²) >= 11 is 1.22. The van der Waals surface area contributed by atoms with E-state index in [2.05, 4.69) is 0 Å². The van der Waals surface area contributed by atoms with Crippen molar-refractivity contribution in [3.8, 4) is 0 Å². The molecule has 5 nitrogen and oxygen atoms in total. The summed E-state index contributed by atoms with van der Waals surface area (Å²) in [4.78, 5) is 12.2. The van der Waals surface area contributed by atoms with Crippen LogP contribution < -0.4 is 0 Å². The van der Waals surface area contributed by atoms with Crippen LogP contribution in [0.15, 0.2) is 16.3 Å². The lowest BCUT2D eigenvalue weighted by atomic mass is 10.0. The number of aryl methyl sites for hydroxylation is 1. The minimum Gasteiger partial charge on any atom is -0.480 e. The number of nitrogens with zero attached hydrogens (tertiary/aromatic N) is 1. The summed E-state index contributed by atoms with van der Waals surface area (Å²) in [6.07, 6.45) is 1.36. The maximum atomic E-state index is 12.5. The largest absolute Gasteiger partial charge is 0.480 e. The van der Waals surface area contributed by atoms with Crippen molar-refractivity contribution in [2.45, 2.75) is 36.9 Å². The molecule has 0 spiro atoms. The van der Waals surface area contributed by atoms with E-state index in [1.54, 1.807) is 19.1 Å². The average Bonchev–Trinajstić information content (AvgIpc) is 2.94. The average molecular weight is 303 g/mol. The Balaban J connectivity index is 2.36. The highest BCUT2D eigenvalue weighted by Crippen LogP contribution is 2.33. The zero-order chi connectivity index (χ0) is 14.2. The first-order chi connectivity index (χ1) is 8.87. The fourth-order valence-electron chi connectivity index (χ4n) is 2.35. The van der Waals surface area contributed by atoms with Gasteiger partial charge in [0.1, 0.15) is 10.3 Å². The molecule has 2 atom stereocenters. The predicted octanol–water partition coefficient (Wildman–Crippen LogP) is 1.79. The maximum Gasteiger partial charge on any atom is 0.322 e. The SMILES string of the molecule is CCc1ccc(S(=O)(=O)N2CCC(C)C2C(=O)O)s1. The first-order valence-corrected chi connectivity index (χ1v) is 8.47. The van der Waals surface area contributed by atoms with E-state index in [1.165, 1.54) is 11.3 Å². The van der Waals surface area contributed by atoms with Gasteiger partial charge in [-0.05, 0) is 30.9 Å². The predicted molar refractivity (Wildman–Crippen MR) is 72.8 cm³/mol. The minimum absolute atomic E-state index is 0.155. The zero-order valence-corrected chi connectivity index (χ0v) is 12.5. The molecule has 19 heavy (non-hydrogen) atoms. The van der Waals surface area contributed by atoms with Crippen LogP contribution in [0.2, 0.25) is 0 Å². The smallest absolute Gasteiger partial charge is 0.322 e. The Bertz CT molecular complexity index is 578. The summed E-state index contributed by atoms with van der Waals surface area (Å²) in [5.41, 5.74) is 0. The van der Waals surface area contributed by atoms with Crippen molar-refractivity contribution in [1.82, 2.24) is 4.31 Å². The Morgan fingerprint density at radius 2 is 2.21 bits per heavy atom. The first kappa shape index (κ1) is 14.5. The van der Waals surface area contributed by atoms with E-state index >= 15 is 0 Å². The normalized spacial score (nSPS) is 24.7. The molecule has 2 rings (SSSR count). The summed E-state index contributed by atoms with van der Waals surface area (Å²) in [6.45, 7) is 4.01. The van der Waals surface area contributed by atoms with Gasteiger partial charge in [-0.1, -0.05) is 13.8 Å². The molecule has 7 heteroatoms. The third-order valence-corrected chi connectivity index (χ3v) is 7.03. The van der Waals surface area contributed by atoms with Crippen molar-refractivity contribution in [2.24, 2.45) is 5.92 Å². The van der Waals surface area contributed by atoms with Crippen molar-refractivity contribution < 1.29 is 18.3 Å². The number of carboxylic acids is 1. The third kappa shape index (κ3) is 2.54. The highest BCUT2D eigenvalue weighted by Gasteiger charge is 2.44. The standard InChI is InChI=1S/C12H17NO4S2/c1-3-9-4-5-10(18-9)19(16,17)13-7-6-8(2)11(13)12(14)15/h4-5,8,11H,3,6-7H2,1-2H3,(H,14,15).